The molecule has 0 aromatic heterocycles. The number of hydrogen-bond donors (Lipinski definition) is 1. The van der Waals surface area contributed by atoms with Crippen molar-refractivity contribution in [3.8, 4) is 0 Å². The third kappa shape index (κ3) is 4.70. The lowest BCUT2D eigenvalue weighted by atomic mass is 9.93. The number of nitrogens with zero attached hydrogens (tertiary/aromatic N) is 1. The van der Waals surface area contributed by atoms with Crippen LogP contribution in [0.15, 0.2) is 0 Å². The van der Waals surface area contributed by atoms with Gasteiger partial charge in [-0.05, 0) is 34.1 Å². The summed E-state index contributed by atoms with van der Waals surface area (Å²) in [5.41, 5.74) is 5.40. The fourth-order valence-electron chi connectivity index (χ4n) is 1.98. The summed E-state index contributed by atoms with van der Waals surface area (Å²) in [6.07, 6.45) is 0.172. The second kappa shape index (κ2) is 6.23. The number of piperidine rings is 1. The second-order valence-corrected chi connectivity index (χ2v) is 5.74. The SMILES string of the molecule is CCOC(=O)N1CCC(N)C(C(=O)OC(C)(C)C)C1. The summed E-state index contributed by atoms with van der Waals surface area (Å²) in [5, 5.41) is 0. The molecule has 0 bridgehead atoms. The van der Waals surface area contributed by atoms with Crippen molar-refractivity contribution < 1.29 is 19.1 Å². The van der Waals surface area contributed by atoms with Crippen LogP contribution in [0, 0.1) is 5.92 Å². The van der Waals surface area contributed by atoms with E-state index in [-0.39, 0.29) is 18.6 Å². The predicted octanol–water partition coefficient (Wildman–Crippen LogP) is 1.13. The summed E-state index contributed by atoms with van der Waals surface area (Å²) in [4.78, 5) is 25.3. The summed E-state index contributed by atoms with van der Waals surface area (Å²) in [7, 11) is 0. The van der Waals surface area contributed by atoms with E-state index in [9.17, 15) is 9.59 Å². The van der Waals surface area contributed by atoms with Gasteiger partial charge in [0.15, 0.2) is 0 Å². The highest BCUT2D eigenvalue weighted by Gasteiger charge is 2.37. The van der Waals surface area contributed by atoms with Gasteiger partial charge in [0.25, 0.3) is 0 Å². The summed E-state index contributed by atoms with van der Waals surface area (Å²) < 4.78 is 10.3. The first-order chi connectivity index (χ1) is 8.74. The Bertz CT molecular complexity index is 338. The van der Waals surface area contributed by atoms with Crippen LogP contribution in [0.1, 0.15) is 34.1 Å². The lowest BCUT2D eigenvalue weighted by molar-refractivity contribution is -0.162. The Morgan fingerprint density at radius 3 is 2.53 bits per heavy atom. The quantitative estimate of drug-likeness (QED) is 0.762. The number of likely N-dealkylation sites (tertiary alicyclic amines) is 1. The number of amides is 1. The molecule has 1 heterocycles. The number of ether oxygens (including phenoxy) is 2. The molecule has 0 spiro atoms. The molecule has 1 saturated heterocycles. The van der Waals surface area contributed by atoms with E-state index in [0.29, 0.717) is 19.6 Å². The molecule has 2 atom stereocenters. The van der Waals surface area contributed by atoms with E-state index < -0.39 is 17.6 Å². The van der Waals surface area contributed by atoms with E-state index in [1.165, 1.54) is 4.90 Å². The minimum atomic E-state index is -0.553. The van der Waals surface area contributed by atoms with E-state index in [2.05, 4.69) is 0 Å². The van der Waals surface area contributed by atoms with Gasteiger partial charge in [0.05, 0.1) is 12.5 Å². The van der Waals surface area contributed by atoms with Crippen LogP contribution in [0.3, 0.4) is 0 Å². The van der Waals surface area contributed by atoms with E-state index in [1.807, 2.05) is 20.8 Å². The van der Waals surface area contributed by atoms with Crippen molar-refractivity contribution in [2.24, 2.45) is 11.7 Å². The fourth-order valence-corrected chi connectivity index (χ4v) is 1.98. The highest BCUT2D eigenvalue weighted by molar-refractivity contribution is 5.76. The number of hydrogen-bond acceptors (Lipinski definition) is 5. The average Bonchev–Trinajstić information content (AvgIpc) is 2.27. The Morgan fingerprint density at radius 1 is 1.37 bits per heavy atom. The Hall–Kier alpha value is -1.30. The Balaban J connectivity index is 2.65. The van der Waals surface area contributed by atoms with Crippen LogP contribution < -0.4 is 5.73 Å². The Morgan fingerprint density at radius 2 is 2.00 bits per heavy atom. The molecule has 0 aromatic carbocycles. The van der Waals surface area contributed by atoms with Crippen LogP contribution in [0.25, 0.3) is 0 Å². The number of nitrogens with two attached hydrogens (primary N) is 1. The molecule has 1 fully saturated rings. The van der Waals surface area contributed by atoms with Crippen LogP contribution in [-0.2, 0) is 14.3 Å². The van der Waals surface area contributed by atoms with Gasteiger partial charge in [0.1, 0.15) is 5.60 Å². The number of rotatable bonds is 2. The summed E-state index contributed by atoms with van der Waals surface area (Å²) >= 11 is 0. The lowest BCUT2D eigenvalue weighted by Crippen LogP contribution is -2.53. The van der Waals surface area contributed by atoms with E-state index in [4.69, 9.17) is 15.2 Å². The Labute approximate surface area is 114 Å². The van der Waals surface area contributed by atoms with Crippen molar-refractivity contribution in [2.75, 3.05) is 19.7 Å². The molecule has 6 heteroatoms. The Kier molecular flexibility index (Phi) is 5.17. The molecule has 0 aliphatic carbocycles. The number of esters is 1. The molecule has 1 rings (SSSR count). The maximum atomic E-state index is 12.1. The zero-order valence-electron chi connectivity index (χ0n) is 12.1. The summed E-state index contributed by atoms with van der Waals surface area (Å²) in [5.74, 6) is -0.841. The summed E-state index contributed by atoms with van der Waals surface area (Å²) in [6.45, 7) is 8.26. The van der Waals surface area contributed by atoms with Gasteiger partial charge in [-0.25, -0.2) is 4.79 Å². The molecule has 1 amide bonds. The van der Waals surface area contributed by atoms with Gasteiger partial charge in [-0.1, -0.05) is 0 Å². The van der Waals surface area contributed by atoms with Gasteiger partial charge in [-0.3, -0.25) is 4.79 Å². The lowest BCUT2D eigenvalue weighted by Gasteiger charge is -2.36. The standard InChI is InChI=1S/C13H24N2O4/c1-5-18-12(17)15-7-6-10(14)9(8-15)11(16)19-13(2,3)4/h9-10H,5-8,14H2,1-4H3. The molecule has 6 nitrogen and oxygen atoms in total. The molecule has 1 aliphatic rings. The van der Waals surface area contributed by atoms with Gasteiger partial charge < -0.3 is 20.1 Å². The van der Waals surface area contributed by atoms with Crippen molar-refractivity contribution >= 4 is 12.1 Å². The first kappa shape index (κ1) is 15.8. The predicted molar refractivity (Wildman–Crippen MR) is 70.5 cm³/mol. The minimum absolute atomic E-state index is 0.259. The highest BCUT2D eigenvalue weighted by atomic mass is 16.6. The van der Waals surface area contributed by atoms with Crippen LogP contribution in [0.4, 0.5) is 4.79 Å². The molecule has 0 radical (unpaired) electrons. The van der Waals surface area contributed by atoms with Gasteiger partial charge >= 0.3 is 12.1 Å². The molecular formula is C13H24N2O4. The van der Waals surface area contributed by atoms with E-state index >= 15 is 0 Å². The summed E-state index contributed by atoms with van der Waals surface area (Å²) in [6, 6.07) is -0.277. The first-order valence-corrected chi connectivity index (χ1v) is 6.64. The van der Waals surface area contributed by atoms with Crippen molar-refractivity contribution in [3.63, 3.8) is 0 Å². The second-order valence-electron chi connectivity index (χ2n) is 5.74. The van der Waals surface area contributed by atoms with E-state index in [1.54, 1.807) is 6.92 Å². The molecule has 110 valence electrons. The minimum Gasteiger partial charge on any atom is -0.460 e. The van der Waals surface area contributed by atoms with E-state index in [0.717, 1.165) is 0 Å². The number of carbonyl (C=O) groups is 2. The average molecular weight is 272 g/mol. The zero-order valence-corrected chi connectivity index (χ0v) is 12.1. The third-order valence-electron chi connectivity index (χ3n) is 2.90. The van der Waals surface area contributed by atoms with Crippen LogP contribution in [0.2, 0.25) is 0 Å². The number of carbonyl (C=O) groups excluding carboxylic acids is 2. The van der Waals surface area contributed by atoms with Crippen LogP contribution >= 0.6 is 0 Å². The maximum Gasteiger partial charge on any atom is 0.409 e. The van der Waals surface area contributed by atoms with Crippen molar-refractivity contribution in [1.29, 1.82) is 0 Å². The molecule has 2 unspecified atom stereocenters. The zero-order chi connectivity index (χ0) is 14.6. The third-order valence-corrected chi connectivity index (χ3v) is 2.90. The monoisotopic (exact) mass is 272 g/mol. The van der Waals surface area contributed by atoms with Crippen LogP contribution in [0.5, 0.6) is 0 Å². The van der Waals surface area contributed by atoms with Crippen molar-refractivity contribution in [2.45, 2.75) is 45.8 Å². The maximum absolute atomic E-state index is 12.1. The molecule has 0 saturated carbocycles. The highest BCUT2D eigenvalue weighted by Crippen LogP contribution is 2.20. The van der Waals surface area contributed by atoms with Crippen molar-refractivity contribution in [1.82, 2.24) is 4.90 Å². The topological polar surface area (TPSA) is 81.9 Å². The molecule has 19 heavy (non-hydrogen) atoms. The molecule has 1 aliphatic heterocycles. The largest absolute Gasteiger partial charge is 0.460 e. The molecular weight excluding hydrogens is 248 g/mol. The van der Waals surface area contributed by atoms with Gasteiger partial charge in [-0.15, -0.1) is 0 Å². The molecule has 0 aromatic rings. The first-order valence-electron chi connectivity index (χ1n) is 6.64. The van der Waals surface area contributed by atoms with Gasteiger partial charge in [0, 0.05) is 19.1 Å². The van der Waals surface area contributed by atoms with Crippen molar-refractivity contribution in [3.05, 3.63) is 0 Å². The van der Waals surface area contributed by atoms with Gasteiger partial charge in [-0.2, -0.15) is 0 Å². The molecule has 2 N–H and O–H groups in total. The fraction of sp³-hybridized carbons (Fsp3) is 0.846. The smallest absolute Gasteiger partial charge is 0.409 e. The van der Waals surface area contributed by atoms with Gasteiger partial charge in [0.2, 0.25) is 0 Å². The normalized spacial score (nSPS) is 23.9. The van der Waals surface area contributed by atoms with Crippen LogP contribution in [-0.4, -0.2) is 48.3 Å².